The van der Waals surface area contributed by atoms with E-state index in [1.807, 2.05) is 0 Å². The quantitative estimate of drug-likeness (QED) is 0.504. The normalized spacial score (nSPS) is 16.8. The molecule has 0 aliphatic carbocycles. The summed E-state index contributed by atoms with van der Waals surface area (Å²) in [5.41, 5.74) is 0.644. The van der Waals surface area contributed by atoms with Crippen molar-refractivity contribution in [1.82, 2.24) is 9.88 Å². The predicted octanol–water partition coefficient (Wildman–Crippen LogP) is 2.80. The lowest BCUT2D eigenvalue weighted by Gasteiger charge is -2.13. The Kier molecular flexibility index (Phi) is 5.33. The number of halogens is 1. The summed E-state index contributed by atoms with van der Waals surface area (Å²) in [6, 6.07) is 3.48. The molecule has 0 radical (unpaired) electrons. The lowest BCUT2D eigenvalue weighted by Crippen LogP contribution is -2.29. The van der Waals surface area contributed by atoms with Crippen LogP contribution < -0.4 is 0 Å². The highest BCUT2D eigenvalue weighted by Crippen LogP contribution is 2.33. The van der Waals surface area contributed by atoms with E-state index < -0.39 is 5.97 Å². The molecule has 1 saturated heterocycles. The van der Waals surface area contributed by atoms with Crippen LogP contribution in [-0.2, 0) is 9.59 Å². The molecule has 2 heterocycles. The first-order valence-corrected chi connectivity index (χ1v) is 7.67. The summed E-state index contributed by atoms with van der Waals surface area (Å²) in [5.74, 6) is -1.12. The topological polar surface area (TPSA) is 70.5 Å². The summed E-state index contributed by atoms with van der Waals surface area (Å²) in [6.07, 6.45) is 3.58. The van der Waals surface area contributed by atoms with Crippen molar-refractivity contribution in [3.05, 3.63) is 34.0 Å². The fraction of sp³-hybridized carbons (Fsp3) is 0.231. The third-order valence-electron chi connectivity index (χ3n) is 2.72. The molecule has 1 aliphatic heterocycles. The highest BCUT2D eigenvalue weighted by atomic mass is 35.5. The Morgan fingerprint density at radius 2 is 2.33 bits per heavy atom. The van der Waals surface area contributed by atoms with Crippen LogP contribution in [0.3, 0.4) is 0 Å². The van der Waals surface area contributed by atoms with Crippen molar-refractivity contribution in [2.75, 3.05) is 6.54 Å². The molecule has 1 N–H and O–H groups in total. The van der Waals surface area contributed by atoms with Gasteiger partial charge in [-0.25, -0.2) is 4.98 Å². The van der Waals surface area contributed by atoms with Crippen LogP contribution in [0.15, 0.2) is 23.2 Å². The van der Waals surface area contributed by atoms with Crippen molar-refractivity contribution >= 4 is 57.9 Å². The molecule has 110 valence electrons. The van der Waals surface area contributed by atoms with E-state index in [2.05, 4.69) is 4.98 Å². The Labute approximate surface area is 136 Å². The standard InChI is InChI=1S/C13H11ClN2O3S2/c14-11-8(3-1-5-15-11)7-9-12(19)16(13(20)21-9)6-2-4-10(17)18/h1,3,5,7H,2,4,6H2,(H,17,18). The first-order valence-electron chi connectivity index (χ1n) is 6.06. The Balaban J connectivity index is 2.11. The SMILES string of the molecule is O=C(O)CCCN1C(=O)C(=Cc2cccnc2Cl)SC1=S. The number of thiocarbonyl (C=S) groups is 1. The second-order valence-electron chi connectivity index (χ2n) is 4.21. The maximum atomic E-state index is 12.2. The number of hydrogen-bond donors (Lipinski definition) is 1. The van der Waals surface area contributed by atoms with Crippen molar-refractivity contribution in [3.8, 4) is 0 Å². The van der Waals surface area contributed by atoms with E-state index in [1.165, 1.54) is 16.7 Å². The van der Waals surface area contributed by atoms with Crippen molar-refractivity contribution < 1.29 is 14.7 Å². The number of hydrogen-bond acceptors (Lipinski definition) is 5. The first kappa shape index (κ1) is 15.9. The second kappa shape index (κ2) is 7.02. The van der Waals surface area contributed by atoms with Gasteiger partial charge in [0.15, 0.2) is 0 Å². The lowest BCUT2D eigenvalue weighted by molar-refractivity contribution is -0.137. The van der Waals surface area contributed by atoms with E-state index in [4.69, 9.17) is 28.9 Å². The summed E-state index contributed by atoms with van der Waals surface area (Å²) in [7, 11) is 0. The minimum absolute atomic E-state index is 0.00450. The number of carboxylic acids is 1. The van der Waals surface area contributed by atoms with Crippen LogP contribution in [-0.4, -0.2) is 37.7 Å². The molecule has 21 heavy (non-hydrogen) atoms. The van der Waals surface area contributed by atoms with Gasteiger partial charge in [0.2, 0.25) is 0 Å². The minimum atomic E-state index is -0.891. The van der Waals surface area contributed by atoms with E-state index >= 15 is 0 Å². The van der Waals surface area contributed by atoms with Crippen LogP contribution in [0.5, 0.6) is 0 Å². The average Bonchev–Trinajstić information content (AvgIpc) is 2.68. The van der Waals surface area contributed by atoms with Crippen LogP contribution in [0.1, 0.15) is 18.4 Å². The summed E-state index contributed by atoms with van der Waals surface area (Å²) in [4.78, 5) is 28.6. The number of rotatable bonds is 5. The molecule has 1 amide bonds. The van der Waals surface area contributed by atoms with Gasteiger partial charge in [0.1, 0.15) is 9.47 Å². The zero-order chi connectivity index (χ0) is 15.4. The van der Waals surface area contributed by atoms with Gasteiger partial charge in [0.05, 0.1) is 4.91 Å². The second-order valence-corrected chi connectivity index (χ2v) is 6.25. The van der Waals surface area contributed by atoms with Gasteiger partial charge in [-0.1, -0.05) is 41.6 Å². The highest BCUT2D eigenvalue weighted by molar-refractivity contribution is 8.26. The molecular formula is C13H11ClN2O3S2. The molecule has 0 bridgehead atoms. The fourth-order valence-electron chi connectivity index (χ4n) is 1.73. The van der Waals surface area contributed by atoms with Crippen LogP contribution in [0, 0.1) is 0 Å². The average molecular weight is 343 g/mol. The van der Waals surface area contributed by atoms with Gasteiger partial charge in [0, 0.05) is 24.7 Å². The highest BCUT2D eigenvalue weighted by Gasteiger charge is 2.31. The van der Waals surface area contributed by atoms with E-state index in [0.717, 1.165) is 0 Å². The van der Waals surface area contributed by atoms with E-state index in [9.17, 15) is 9.59 Å². The van der Waals surface area contributed by atoms with Crippen LogP contribution >= 0.6 is 35.6 Å². The molecule has 0 atom stereocenters. The maximum Gasteiger partial charge on any atom is 0.303 e. The fourth-order valence-corrected chi connectivity index (χ4v) is 3.20. The van der Waals surface area contributed by atoms with Gasteiger partial charge in [0.25, 0.3) is 5.91 Å². The number of nitrogens with zero attached hydrogens (tertiary/aromatic N) is 2. The number of carbonyl (C=O) groups excluding carboxylic acids is 1. The van der Waals surface area contributed by atoms with Gasteiger partial charge in [-0.05, 0) is 18.6 Å². The zero-order valence-electron chi connectivity index (χ0n) is 10.8. The van der Waals surface area contributed by atoms with Gasteiger partial charge in [-0.2, -0.15) is 0 Å². The first-order chi connectivity index (χ1) is 9.99. The van der Waals surface area contributed by atoms with Gasteiger partial charge < -0.3 is 5.11 Å². The lowest BCUT2D eigenvalue weighted by atomic mass is 10.2. The summed E-state index contributed by atoms with van der Waals surface area (Å²) in [6.45, 7) is 0.301. The predicted molar refractivity (Wildman–Crippen MR) is 86.0 cm³/mol. The van der Waals surface area contributed by atoms with Crippen LogP contribution in [0.4, 0.5) is 0 Å². The number of amides is 1. The molecule has 8 heteroatoms. The van der Waals surface area contributed by atoms with E-state index in [1.54, 1.807) is 24.4 Å². The third-order valence-corrected chi connectivity index (χ3v) is 4.41. The Bertz CT molecular complexity index is 634. The van der Waals surface area contributed by atoms with Gasteiger partial charge in [-0.15, -0.1) is 0 Å². The minimum Gasteiger partial charge on any atom is -0.481 e. The third kappa shape index (κ3) is 4.03. The number of carboxylic acid groups (broad SMARTS) is 1. The molecule has 5 nitrogen and oxygen atoms in total. The van der Waals surface area contributed by atoms with E-state index in [0.29, 0.717) is 32.9 Å². The zero-order valence-corrected chi connectivity index (χ0v) is 13.2. The van der Waals surface area contributed by atoms with Crippen molar-refractivity contribution in [2.24, 2.45) is 0 Å². The van der Waals surface area contributed by atoms with Crippen LogP contribution in [0.25, 0.3) is 6.08 Å². The van der Waals surface area contributed by atoms with Crippen molar-refractivity contribution in [2.45, 2.75) is 12.8 Å². The number of thioether (sulfide) groups is 1. The Morgan fingerprint density at radius 1 is 1.57 bits per heavy atom. The van der Waals surface area contributed by atoms with Crippen molar-refractivity contribution in [3.63, 3.8) is 0 Å². The number of aliphatic carboxylic acids is 1. The number of aromatic nitrogens is 1. The van der Waals surface area contributed by atoms with Gasteiger partial charge in [-0.3, -0.25) is 14.5 Å². The van der Waals surface area contributed by atoms with E-state index in [-0.39, 0.29) is 12.3 Å². The molecule has 0 saturated carbocycles. The molecule has 1 aromatic heterocycles. The van der Waals surface area contributed by atoms with Gasteiger partial charge >= 0.3 is 5.97 Å². The molecule has 1 aliphatic rings. The molecule has 2 rings (SSSR count). The smallest absolute Gasteiger partial charge is 0.303 e. The molecule has 0 spiro atoms. The Hall–Kier alpha value is -1.44. The summed E-state index contributed by atoms with van der Waals surface area (Å²) >= 11 is 12.3. The molecule has 1 fully saturated rings. The summed E-state index contributed by atoms with van der Waals surface area (Å²) < 4.78 is 0.427. The molecule has 0 unspecified atom stereocenters. The largest absolute Gasteiger partial charge is 0.481 e. The molecular weight excluding hydrogens is 332 g/mol. The van der Waals surface area contributed by atoms with Crippen LogP contribution in [0.2, 0.25) is 5.15 Å². The maximum absolute atomic E-state index is 12.2. The number of carbonyl (C=O) groups is 2. The summed E-state index contributed by atoms with van der Waals surface area (Å²) in [5, 5.41) is 8.94. The van der Waals surface area contributed by atoms with Crippen molar-refractivity contribution in [1.29, 1.82) is 0 Å². The monoisotopic (exact) mass is 342 g/mol. The molecule has 1 aromatic rings. The Morgan fingerprint density at radius 3 is 3.00 bits per heavy atom. The molecule has 0 aromatic carbocycles. The number of pyridine rings is 1.